The molecule has 0 N–H and O–H groups in total. The molecular formula is C7H9BrN2. The minimum atomic E-state index is 0.949. The second-order valence-electron chi connectivity index (χ2n) is 2.09. The summed E-state index contributed by atoms with van der Waals surface area (Å²) in [6, 6.07) is 0. The SMILES string of the molecule is Cc1cnc(CCBr)cn1. The van der Waals surface area contributed by atoms with E-state index >= 15 is 0 Å². The number of aryl methyl sites for hydroxylation is 2. The highest BCUT2D eigenvalue weighted by Crippen LogP contribution is 1.96. The van der Waals surface area contributed by atoms with Crippen LogP contribution in [0.3, 0.4) is 0 Å². The molecule has 0 atom stereocenters. The predicted octanol–water partition coefficient (Wildman–Crippen LogP) is 1.72. The van der Waals surface area contributed by atoms with E-state index in [0.29, 0.717) is 0 Å². The number of aromatic nitrogens is 2. The summed E-state index contributed by atoms with van der Waals surface area (Å²) in [5, 5.41) is 0.949. The summed E-state index contributed by atoms with van der Waals surface area (Å²) < 4.78 is 0. The first-order valence-electron chi connectivity index (χ1n) is 3.16. The molecule has 0 saturated carbocycles. The van der Waals surface area contributed by atoms with Crippen LogP contribution < -0.4 is 0 Å². The first-order valence-corrected chi connectivity index (χ1v) is 4.28. The molecule has 0 fully saturated rings. The summed E-state index contributed by atoms with van der Waals surface area (Å²) in [7, 11) is 0. The Morgan fingerprint density at radius 3 is 2.70 bits per heavy atom. The Hall–Kier alpha value is -0.440. The van der Waals surface area contributed by atoms with Gasteiger partial charge in [0, 0.05) is 24.1 Å². The van der Waals surface area contributed by atoms with Gasteiger partial charge in [-0.3, -0.25) is 9.97 Å². The van der Waals surface area contributed by atoms with Crippen LogP contribution in [-0.2, 0) is 6.42 Å². The summed E-state index contributed by atoms with van der Waals surface area (Å²) in [5.74, 6) is 0. The van der Waals surface area contributed by atoms with Crippen LogP contribution in [0.4, 0.5) is 0 Å². The van der Waals surface area contributed by atoms with E-state index in [1.807, 2.05) is 13.1 Å². The van der Waals surface area contributed by atoms with Crippen molar-refractivity contribution in [2.75, 3.05) is 5.33 Å². The molecule has 1 heterocycles. The third-order valence-electron chi connectivity index (χ3n) is 1.19. The van der Waals surface area contributed by atoms with Gasteiger partial charge in [0.25, 0.3) is 0 Å². The quantitative estimate of drug-likeness (QED) is 0.681. The topological polar surface area (TPSA) is 25.8 Å². The van der Waals surface area contributed by atoms with Crippen molar-refractivity contribution in [1.82, 2.24) is 9.97 Å². The first-order chi connectivity index (χ1) is 4.83. The van der Waals surface area contributed by atoms with Gasteiger partial charge in [-0.25, -0.2) is 0 Å². The van der Waals surface area contributed by atoms with Crippen molar-refractivity contribution in [3.63, 3.8) is 0 Å². The van der Waals surface area contributed by atoms with E-state index in [1.54, 1.807) is 6.20 Å². The molecule has 1 rings (SSSR count). The van der Waals surface area contributed by atoms with Crippen molar-refractivity contribution < 1.29 is 0 Å². The van der Waals surface area contributed by atoms with Crippen LogP contribution in [0.1, 0.15) is 11.4 Å². The molecule has 0 aliphatic heterocycles. The van der Waals surface area contributed by atoms with Gasteiger partial charge in [-0.15, -0.1) is 0 Å². The molecular weight excluding hydrogens is 192 g/mol. The predicted molar refractivity (Wildman–Crippen MR) is 44.3 cm³/mol. The monoisotopic (exact) mass is 200 g/mol. The average molecular weight is 201 g/mol. The van der Waals surface area contributed by atoms with Gasteiger partial charge >= 0.3 is 0 Å². The lowest BCUT2D eigenvalue weighted by Crippen LogP contribution is -1.92. The summed E-state index contributed by atoms with van der Waals surface area (Å²) >= 11 is 3.34. The molecule has 0 aliphatic carbocycles. The van der Waals surface area contributed by atoms with Gasteiger partial charge in [-0.05, 0) is 6.92 Å². The third kappa shape index (κ3) is 2.06. The van der Waals surface area contributed by atoms with Crippen molar-refractivity contribution in [1.29, 1.82) is 0 Å². The number of rotatable bonds is 2. The van der Waals surface area contributed by atoms with Crippen LogP contribution in [0.5, 0.6) is 0 Å². The van der Waals surface area contributed by atoms with Crippen molar-refractivity contribution >= 4 is 15.9 Å². The van der Waals surface area contributed by atoms with Gasteiger partial charge in [0.15, 0.2) is 0 Å². The highest BCUT2D eigenvalue weighted by atomic mass is 79.9. The molecule has 0 aromatic carbocycles. The molecule has 3 heteroatoms. The van der Waals surface area contributed by atoms with Crippen LogP contribution in [0.25, 0.3) is 0 Å². The molecule has 54 valence electrons. The maximum Gasteiger partial charge on any atom is 0.0595 e. The molecule has 0 spiro atoms. The Kier molecular flexibility index (Phi) is 2.81. The fourth-order valence-corrected chi connectivity index (χ4v) is 1.05. The van der Waals surface area contributed by atoms with Crippen LogP contribution in [-0.4, -0.2) is 15.3 Å². The lowest BCUT2D eigenvalue weighted by Gasteiger charge is -1.94. The van der Waals surface area contributed by atoms with Crippen LogP contribution in [0, 0.1) is 6.92 Å². The summed E-state index contributed by atoms with van der Waals surface area (Å²) in [5.41, 5.74) is 2.01. The largest absolute Gasteiger partial charge is 0.258 e. The highest BCUT2D eigenvalue weighted by Gasteiger charge is 1.91. The van der Waals surface area contributed by atoms with Crippen molar-refractivity contribution in [3.8, 4) is 0 Å². The van der Waals surface area contributed by atoms with E-state index in [4.69, 9.17) is 0 Å². The zero-order valence-corrected chi connectivity index (χ0v) is 7.43. The molecule has 10 heavy (non-hydrogen) atoms. The van der Waals surface area contributed by atoms with Crippen LogP contribution >= 0.6 is 15.9 Å². The highest BCUT2D eigenvalue weighted by molar-refractivity contribution is 9.09. The maximum atomic E-state index is 4.18. The van der Waals surface area contributed by atoms with E-state index in [9.17, 15) is 0 Å². The van der Waals surface area contributed by atoms with E-state index in [-0.39, 0.29) is 0 Å². The maximum absolute atomic E-state index is 4.18. The normalized spacial score (nSPS) is 9.80. The van der Waals surface area contributed by atoms with Gasteiger partial charge < -0.3 is 0 Å². The van der Waals surface area contributed by atoms with E-state index in [2.05, 4.69) is 25.9 Å². The molecule has 0 aliphatic rings. The minimum Gasteiger partial charge on any atom is -0.258 e. The Morgan fingerprint density at radius 1 is 1.40 bits per heavy atom. The number of hydrogen-bond donors (Lipinski definition) is 0. The number of alkyl halides is 1. The first kappa shape index (κ1) is 7.66. The number of hydrogen-bond acceptors (Lipinski definition) is 2. The van der Waals surface area contributed by atoms with Crippen molar-refractivity contribution in [2.24, 2.45) is 0 Å². The van der Waals surface area contributed by atoms with Gasteiger partial charge in [0.1, 0.15) is 0 Å². The Morgan fingerprint density at radius 2 is 2.20 bits per heavy atom. The molecule has 2 nitrogen and oxygen atoms in total. The third-order valence-corrected chi connectivity index (χ3v) is 1.58. The average Bonchev–Trinajstić information content (AvgIpc) is 1.95. The summed E-state index contributed by atoms with van der Waals surface area (Å²) in [6.07, 6.45) is 4.56. The minimum absolute atomic E-state index is 0.949. The fourth-order valence-electron chi connectivity index (χ4n) is 0.645. The molecule has 0 radical (unpaired) electrons. The Labute approximate surface area is 68.8 Å². The summed E-state index contributed by atoms with van der Waals surface area (Å²) in [6.45, 7) is 1.94. The number of halogens is 1. The Balaban J connectivity index is 2.69. The number of nitrogens with zero attached hydrogens (tertiary/aromatic N) is 2. The lowest BCUT2D eigenvalue weighted by molar-refractivity contribution is 0.988. The molecule has 0 unspecified atom stereocenters. The fraction of sp³-hybridized carbons (Fsp3) is 0.429. The van der Waals surface area contributed by atoms with Gasteiger partial charge in [0.05, 0.1) is 11.4 Å². The van der Waals surface area contributed by atoms with Gasteiger partial charge in [0.2, 0.25) is 0 Å². The Bertz CT molecular complexity index is 195. The molecule has 0 saturated heterocycles. The summed E-state index contributed by atoms with van der Waals surface area (Å²) in [4.78, 5) is 8.29. The lowest BCUT2D eigenvalue weighted by atomic mass is 10.3. The zero-order chi connectivity index (χ0) is 7.40. The zero-order valence-electron chi connectivity index (χ0n) is 5.84. The van der Waals surface area contributed by atoms with Crippen molar-refractivity contribution in [3.05, 3.63) is 23.8 Å². The smallest absolute Gasteiger partial charge is 0.0595 e. The van der Waals surface area contributed by atoms with Crippen LogP contribution in [0.2, 0.25) is 0 Å². The van der Waals surface area contributed by atoms with E-state index < -0.39 is 0 Å². The van der Waals surface area contributed by atoms with Gasteiger partial charge in [-0.1, -0.05) is 15.9 Å². The molecule has 1 aromatic rings. The second-order valence-corrected chi connectivity index (χ2v) is 2.88. The van der Waals surface area contributed by atoms with Gasteiger partial charge in [-0.2, -0.15) is 0 Å². The molecule has 0 amide bonds. The van der Waals surface area contributed by atoms with Crippen LogP contribution in [0.15, 0.2) is 12.4 Å². The van der Waals surface area contributed by atoms with E-state index in [0.717, 1.165) is 23.1 Å². The molecule has 1 aromatic heterocycles. The second kappa shape index (κ2) is 3.66. The molecule has 0 bridgehead atoms. The standard InChI is InChI=1S/C7H9BrN2/c1-6-4-10-7(2-3-8)5-9-6/h4-5H,2-3H2,1H3. The van der Waals surface area contributed by atoms with E-state index in [1.165, 1.54) is 0 Å². The van der Waals surface area contributed by atoms with Crippen molar-refractivity contribution in [2.45, 2.75) is 13.3 Å².